The number of nitrogens with zero attached hydrogens (tertiary/aromatic N) is 2. The molecule has 0 saturated carbocycles. The van der Waals surface area contributed by atoms with E-state index >= 15 is 0 Å². The summed E-state index contributed by atoms with van der Waals surface area (Å²) in [5, 5.41) is 2.98. The number of hydrogen-bond acceptors (Lipinski definition) is 3. The maximum atomic E-state index is 13.5. The zero-order valence-electron chi connectivity index (χ0n) is 20.9. The van der Waals surface area contributed by atoms with E-state index in [1.54, 1.807) is 17.0 Å². The second-order valence-corrected chi connectivity index (χ2v) is 9.91. The van der Waals surface area contributed by atoms with Gasteiger partial charge in [0.2, 0.25) is 5.91 Å². The summed E-state index contributed by atoms with van der Waals surface area (Å²) in [6.45, 7) is 3.98. The molecule has 2 saturated heterocycles. The van der Waals surface area contributed by atoms with Gasteiger partial charge in [0.05, 0.1) is 5.56 Å². The first-order valence-corrected chi connectivity index (χ1v) is 12.8. The second kappa shape index (κ2) is 11.4. The van der Waals surface area contributed by atoms with Crippen molar-refractivity contribution in [3.8, 4) is 0 Å². The van der Waals surface area contributed by atoms with Crippen LogP contribution in [-0.2, 0) is 11.0 Å². The molecule has 0 bridgehead atoms. The minimum absolute atomic E-state index is 0.0901. The maximum absolute atomic E-state index is 13.5. The van der Waals surface area contributed by atoms with E-state index in [2.05, 4.69) is 5.32 Å². The molecule has 2 fully saturated rings. The predicted molar refractivity (Wildman–Crippen MR) is 133 cm³/mol. The number of halogens is 3. The molecule has 198 valence electrons. The first kappa shape index (κ1) is 26.7. The van der Waals surface area contributed by atoms with Crippen LogP contribution in [0.5, 0.6) is 0 Å². The highest BCUT2D eigenvalue weighted by Crippen LogP contribution is 2.30. The Labute approximate surface area is 214 Å². The van der Waals surface area contributed by atoms with Gasteiger partial charge < -0.3 is 15.1 Å². The minimum atomic E-state index is -4.46. The fourth-order valence-corrected chi connectivity index (χ4v) is 5.04. The van der Waals surface area contributed by atoms with Crippen LogP contribution in [0.1, 0.15) is 63.9 Å². The summed E-state index contributed by atoms with van der Waals surface area (Å²) < 4.78 is 38.6. The summed E-state index contributed by atoms with van der Waals surface area (Å²) in [5.41, 5.74) is 0.908. The third-order valence-electron chi connectivity index (χ3n) is 7.29. The van der Waals surface area contributed by atoms with Gasteiger partial charge in [0, 0.05) is 37.3 Å². The fraction of sp³-hybridized carbons (Fsp3) is 0.464. The van der Waals surface area contributed by atoms with Gasteiger partial charge in [-0.05, 0) is 81.3 Å². The molecule has 0 radical (unpaired) electrons. The van der Waals surface area contributed by atoms with Gasteiger partial charge in [0.25, 0.3) is 11.8 Å². The Kier molecular flexibility index (Phi) is 8.19. The standard InChI is InChI=1S/C28H32F3N3O3/c1-19-5-7-21(8-6-19)25(35)32-24(27(37)33-15-3-2-4-16-33)20-13-17-34(18-14-20)26(36)22-9-11-23(12-10-22)28(29,30)31/h5-12,20,24H,2-4,13-18H2,1H3,(H,32,35)/t24-/m0/s1. The number of carbonyl (C=O) groups is 3. The third-order valence-corrected chi connectivity index (χ3v) is 7.29. The van der Waals surface area contributed by atoms with E-state index < -0.39 is 17.8 Å². The van der Waals surface area contributed by atoms with Crippen LogP contribution in [0, 0.1) is 12.8 Å². The smallest absolute Gasteiger partial charge is 0.341 e. The molecule has 6 nitrogen and oxygen atoms in total. The molecule has 4 rings (SSSR count). The van der Waals surface area contributed by atoms with Crippen molar-refractivity contribution in [2.24, 2.45) is 5.92 Å². The molecule has 0 spiro atoms. The Hall–Kier alpha value is -3.36. The Bertz CT molecular complexity index is 1100. The lowest BCUT2D eigenvalue weighted by Gasteiger charge is -2.38. The molecule has 1 atom stereocenters. The topological polar surface area (TPSA) is 69.7 Å². The zero-order chi connectivity index (χ0) is 26.6. The zero-order valence-corrected chi connectivity index (χ0v) is 20.9. The van der Waals surface area contributed by atoms with E-state index in [1.807, 2.05) is 24.0 Å². The molecule has 1 N–H and O–H groups in total. The molecule has 2 aromatic carbocycles. The number of rotatable bonds is 5. The highest BCUT2D eigenvalue weighted by Gasteiger charge is 2.37. The van der Waals surface area contributed by atoms with Crippen molar-refractivity contribution in [2.45, 2.75) is 51.2 Å². The molecule has 9 heteroatoms. The van der Waals surface area contributed by atoms with Crippen molar-refractivity contribution in [3.05, 3.63) is 70.8 Å². The van der Waals surface area contributed by atoms with Crippen LogP contribution in [0.3, 0.4) is 0 Å². The van der Waals surface area contributed by atoms with E-state index in [1.165, 1.54) is 12.1 Å². The SMILES string of the molecule is Cc1ccc(C(=O)N[C@H](C(=O)N2CCCCC2)C2CCN(C(=O)c3ccc(C(F)(F)F)cc3)CC2)cc1. The third kappa shape index (κ3) is 6.50. The van der Waals surface area contributed by atoms with E-state index in [4.69, 9.17) is 0 Å². The average Bonchev–Trinajstić information content (AvgIpc) is 2.91. The van der Waals surface area contributed by atoms with Gasteiger partial charge in [0.15, 0.2) is 0 Å². The van der Waals surface area contributed by atoms with Crippen LogP contribution in [-0.4, -0.2) is 59.7 Å². The molecule has 2 aliphatic rings. The molecule has 0 unspecified atom stereocenters. The van der Waals surface area contributed by atoms with Gasteiger partial charge in [-0.3, -0.25) is 14.4 Å². The van der Waals surface area contributed by atoms with E-state index in [0.29, 0.717) is 44.6 Å². The normalized spacial score (nSPS) is 17.8. The van der Waals surface area contributed by atoms with Crippen molar-refractivity contribution in [1.29, 1.82) is 0 Å². The summed E-state index contributed by atoms with van der Waals surface area (Å²) in [6.07, 6.45) is -0.502. The summed E-state index contributed by atoms with van der Waals surface area (Å²) in [4.78, 5) is 42.9. The Morgan fingerprint density at radius 1 is 0.811 bits per heavy atom. The molecule has 0 aromatic heterocycles. The number of amides is 3. The first-order chi connectivity index (χ1) is 17.6. The summed E-state index contributed by atoms with van der Waals surface area (Å²) in [7, 11) is 0. The monoisotopic (exact) mass is 515 g/mol. The lowest BCUT2D eigenvalue weighted by molar-refractivity contribution is -0.137. The number of likely N-dealkylation sites (tertiary alicyclic amines) is 2. The molecule has 2 heterocycles. The molecule has 2 aromatic rings. The van der Waals surface area contributed by atoms with Crippen molar-refractivity contribution in [1.82, 2.24) is 15.1 Å². The summed E-state index contributed by atoms with van der Waals surface area (Å²) in [6, 6.07) is 10.7. The quantitative estimate of drug-likeness (QED) is 0.629. The van der Waals surface area contributed by atoms with Crippen LogP contribution < -0.4 is 5.32 Å². The van der Waals surface area contributed by atoms with Crippen molar-refractivity contribution < 1.29 is 27.6 Å². The van der Waals surface area contributed by atoms with Gasteiger partial charge in [-0.15, -0.1) is 0 Å². The largest absolute Gasteiger partial charge is 0.416 e. The number of alkyl halides is 3. The minimum Gasteiger partial charge on any atom is -0.341 e. The van der Waals surface area contributed by atoms with Crippen LogP contribution in [0.25, 0.3) is 0 Å². The van der Waals surface area contributed by atoms with Crippen molar-refractivity contribution in [2.75, 3.05) is 26.2 Å². The summed E-state index contributed by atoms with van der Waals surface area (Å²) >= 11 is 0. The van der Waals surface area contributed by atoms with Gasteiger partial charge in [-0.2, -0.15) is 13.2 Å². The van der Waals surface area contributed by atoms with Crippen molar-refractivity contribution >= 4 is 17.7 Å². The predicted octanol–water partition coefficient (Wildman–Crippen LogP) is 4.68. The van der Waals surface area contributed by atoms with Gasteiger partial charge in [-0.25, -0.2) is 0 Å². The van der Waals surface area contributed by atoms with Crippen molar-refractivity contribution in [3.63, 3.8) is 0 Å². The van der Waals surface area contributed by atoms with Gasteiger partial charge in [-0.1, -0.05) is 17.7 Å². The number of benzene rings is 2. The van der Waals surface area contributed by atoms with E-state index in [-0.39, 0.29) is 29.2 Å². The highest BCUT2D eigenvalue weighted by molar-refractivity contribution is 5.98. The average molecular weight is 516 g/mol. The number of carbonyl (C=O) groups excluding carboxylic acids is 3. The number of aryl methyl sites for hydroxylation is 1. The van der Waals surface area contributed by atoms with Gasteiger partial charge >= 0.3 is 6.18 Å². The number of piperidine rings is 2. The number of nitrogens with one attached hydrogen (secondary N) is 1. The molecule has 2 aliphatic heterocycles. The highest BCUT2D eigenvalue weighted by atomic mass is 19.4. The van der Waals surface area contributed by atoms with Crippen LogP contribution >= 0.6 is 0 Å². The molecule has 0 aliphatic carbocycles. The fourth-order valence-electron chi connectivity index (χ4n) is 5.04. The first-order valence-electron chi connectivity index (χ1n) is 12.8. The molecular weight excluding hydrogens is 483 g/mol. The summed E-state index contributed by atoms with van der Waals surface area (Å²) in [5.74, 6) is -0.887. The Morgan fingerprint density at radius 3 is 1.95 bits per heavy atom. The van der Waals surface area contributed by atoms with E-state index in [9.17, 15) is 27.6 Å². The maximum Gasteiger partial charge on any atom is 0.416 e. The van der Waals surface area contributed by atoms with Crippen LogP contribution in [0.2, 0.25) is 0 Å². The molecular formula is C28H32F3N3O3. The molecule has 3 amide bonds. The van der Waals surface area contributed by atoms with Crippen LogP contribution in [0.15, 0.2) is 48.5 Å². The lowest BCUT2D eigenvalue weighted by Crippen LogP contribution is -2.55. The second-order valence-electron chi connectivity index (χ2n) is 9.91. The van der Waals surface area contributed by atoms with Crippen LogP contribution in [0.4, 0.5) is 13.2 Å². The Balaban J connectivity index is 1.44. The van der Waals surface area contributed by atoms with Gasteiger partial charge in [0.1, 0.15) is 6.04 Å². The lowest BCUT2D eigenvalue weighted by atomic mass is 9.87. The number of hydrogen-bond donors (Lipinski definition) is 1. The molecule has 37 heavy (non-hydrogen) atoms. The Morgan fingerprint density at radius 2 is 1.38 bits per heavy atom. The van der Waals surface area contributed by atoms with E-state index in [0.717, 1.165) is 37.0 Å².